The maximum absolute atomic E-state index is 10.8. The molecule has 2 aromatic rings. The van der Waals surface area contributed by atoms with Crippen LogP contribution in [0.5, 0.6) is 0 Å². The number of likely N-dealkylation sites (tertiary alicyclic amines) is 1. The summed E-state index contributed by atoms with van der Waals surface area (Å²) in [7, 11) is 0. The predicted octanol–water partition coefficient (Wildman–Crippen LogP) is 2.27. The summed E-state index contributed by atoms with van der Waals surface area (Å²) in [5.74, 6) is 1.39. The molecule has 2 N–H and O–H groups in total. The van der Waals surface area contributed by atoms with Crippen molar-refractivity contribution in [2.24, 2.45) is 0 Å². The average Bonchev–Trinajstić information content (AvgIpc) is 3.40. The fourth-order valence-electron chi connectivity index (χ4n) is 3.59. The van der Waals surface area contributed by atoms with E-state index in [1.165, 1.54) is 6.21 Å². The Bertz CT molecular complexity index is 807. The summed E-state index contributed by atoms with van der Waals surface area (Å²) in [6, 6.07) is 5.97. The van der Waals surface area contributed by atoms with E-state index in [0.717, 1.165) is 62.2 Å². The minimum atomic E-state index is 0.216. The number of benzene rings is 1. The van der Waals surface area contributed by atoms with Crippen LogP contribution in [0, 0.1) is 5.41 Å². The van der Waals surface area contributed by atoms with Crippen molar-refractivity contribution in [2.75, 3.05) is 31.6 Å². The molecule has 2 aliphatic heterocycles. The van der Waals surface area contributed by atoms with Gasteiger partial charge in [-0.1, -0.05) is 11.2 Å². The molecule has 1 aromatic carbocycles. The number of ether oxygens (including phenoxy) is 1. The molecule has 4 rings (SSSR count). The lowest BCUT2D eigenvalue weighted by Gasteiger charge is -2.27. The van der Waals surface area contributed by atoms with Crippen LogP contribution in [0.1, 0.15) is 36.6 Å². The van der Waals surface area contributed by atoms with Gasteiger partial charge in [0, 0.05) is 48.6 Å². The van der Waals surface area contributed by atoms with E-state index in [9.17, 15) is 4.79 Å². The molecule has 1 atom stereocenters. The maximum atomic E-state index is 10.8. The molecule has 2 fully saturated rings. The molecule has 0 radical (unpaired) electrons. The van der Waals surface area contributed by atoms with E-state index in [-0.39, 0.29) is 12.0 Å². The van der Waals surface area contributed by atoms with Gasteiger partial charge in [0.15, 0.2) is 5.82 Å². The average molecular weight is 369 g/mol. The summed E-state index contributed by atoms with van der Waals surface area (Å²) < 4.78 is 10.9. The first kappa shape index (κ1) is 17.7. The lowest BCUT2D eigenvalue weighted by Crippen LogP contribution is -2.31. The summed E-state index contributed by atoms with van der Waals surface area (Å²) in [6.07, 6.45) is 4.87. The van der Waals surface area contributed by atoms with Crippen molar-refractivity contribution >= 4 is 18.3 Å². The number of nitrogens with zero attached hydrogens (tertiary/aromatic N) is 3. The molecule has 2 saturated heterocycles. The number of rotatable bonds is 6. The summed E-state index contributed by atoms with van der Waals surface area (Å²) in [5, 5.41) is 15.2. The van der Waals surface area contributed by atoms with Gasteiger partial charge < -0.3 is 24.9 Å². The molecule has 1 amide bonds. The first-order chi connectivity index (χ1) is 13.3. The second-order valence-electron chi connectivity index (χ2n) is 7.02. The number of hydrogen-bond acceptors (Lipinski definition) is 7. The molecule has 142 valence electrons. The van der Waals surface area contributed by atoms with Crippen molar-refractivity contribution in [1.29, 1.82) is 5.41 Å². The number of piperidine rings is 1. The Kier molecular flexibility index (Phi) is 5.15. The quantitative estimate of drug-likeness (QED) is 0.598. The monoisotopic (exact) mass is 369 g/mol. The Morgan fingerprint density at radius 2 is 2.11 bits per heavy atom. The highest BCUT2D eigenvalue weighted by molar-refractivity contribution is 5.87. The van der Waals surface area contributed by atoms with E-state index < -0.39 is 0 Å². The minimum Gasteiger partial charge on any atom is -0.379 e. The van der Waals surface area contributed by atoms with E-state index in [4.69, 9.17) is 14.7 Å². The fourth-order valence-corrected chi connectivity index (χ4v) is 3.59. The van der Waals surface area contributed by atoms with Crippen LogP contribution in [0.15, 0.2) is 22.7 Å². The fraction of sp³-hybridized carbons (Fsp3) is 0.474. The van der Waals surface area contributed by atoms with Crippen molar-refractivity contribution in [3.8, 4) is 11.5 Å². The Balaban J connectivity index is 1.52. The summed E-state index contributed by atoms with van der Waals surface area (Å²) in [6.45, 7) is 2.88. The van der Waals surface area contributed by atoms with Crippen LogP contribution in [0.2, 0.25) is 0 Å². The topological polar surface area (TPSA) is 104 Å². The van der Waals surface area contributed by atoms with E-state index in [1.807, 2.05) is 18.2 Å². The van der Waals surface area contributed by atoms with Crippen LogP contribution < -0.4 is 5.32 Å². The third-order valence-corrected chi connectivity index (χ3v) is 5.23. The Morgan fingerprint density at radius 1 is 1.26 bits per heavy atom. The zero-order chi connectivity index (χ0) is 18.6. The van der Waals surface area contributed by atoms with Crippen LogP contribution in [0.4, 0.5) is 5.69 Å². The number of aromatic nitrogens is 2. The van der Waals surface area contributed by atoms with E-state index >= 15 is 0 Å². The van der Waals surface area contributed by atoms with E-state index in [1.54, 1.807) is 4.90 Å². The third-order valence-electron chi connectivity index (χ3n) is 5.23. The molecule has 0 spiro atoms. The van der Waals surface area contributed by atoms with Crippen LogP contribution >= 0.6 is 0 Å². The highest BCUT2D eigenvalue weighted by Gasteiger charge is 2.24. The zero-order valence-electron chi connectivity index (χ0n) is 15.1. The molecule has 3 heterocycles. The lowest BCUT2D eigenvalue weighted by molar-refractivity contribution is -0.119. The summed E-state index contributed by atoms with van der Waals surface area (Å²) in [5.41, 5.74) is 2.51. The Hall–Kier alpha value is -2.74. The zero-order valence-corrected chi connectivity index (χ0v) is 15.1. The molecule has 0 aliphatic carbocycles. The molecule has 1 aromatic heterocycles. The number of anilines is 1. The van der Waals surface area contributed by atoms with Gasteiger partial charge in [-0.3, -0.25) is 4.79 Å². The van der Waals surface area contributed by atoms with Gasteiger partial charge in [0.25, 0.3) is 5.89 Å². The van der Waals surface area contributed by atoms with Gasteiger partial charge in [0.1, 0.15) is 0 Å². The van der Waals surface area contributed by atoms with Crippen molar-refractivity contribution in [3.05, 3.63) is 29.6 Å². The van der Waals surface area contributed by atoms with Crippen molar-refractivity contribution in [1.82, 2.24) is 15.0 Å². The first-order valence-corrected chi connectivity index (χ1v) is 9.29. The van der Waals surface area contributed by atoms with Gasteiger partial charge >= 0.3 is 0 Å². The van der Waals surface area contributed by atoms with Gasteiger partial charge in [-0.2, -0.15) is 4.98 Å². The smallest absolute Gasteiger partial charge is 0.258 e. The van der Waals surface area contributed by atoms with Crippen LogP contribution in [0.25, 0.3) is 11.5 Å². The first-order valence-electron chi connectivity index (χ1n) is 9.29. The number of amides is 1. The second-order valence-corrected chi connectivity index (χ2v) is 7.02. The summed E-state index contributed by atoms with van der Waals surface area (Å²) in [4.78, 5) is 17.2. The molecule has 1 unspecified atom stereocenters. The molecule has 0 bridgehead atoms. The number of carbonyl (C=O) groups is 1. The van der Waals surface area contributed by atoms with Gasteiger partial charge in [-0.25, -0.2) is 0 Å². The van der Waals surface area contributed by atoms with Crippen LogP contribution in [-0.2, 0) is 9.53 Å². The van der Waals surface area contributed by atoms with E-state index in [0.29, 0.717) is 18.3 Å². The maximum Gasteiger partial charge on any atom is 0.258 e. The molecule has 8 heteroatoms. The highest BCUT2D eigenvalue weighted by atomic mass is 16.5. The largest absolute Gasteiger partial charge is 0.379 e. The Labute approximate surface area is 157 Å². The standard InChI is InChI=1S/C19H23N5O3/c20-10-15-2-1-14(9-17(15)21-16-5-8-26-11-16)19-22-18(23-27-19)13-3-6-24(12-25)7-4-13/h1-2,9-10,12-13,16,20-21H,3-8,11H2. The molecule has 2 aliphatic rings. The lowest BCUT2D eigenvalue weighted by atomic mass is 9.96. The molecule has 0 saturated carbocycles. The Morgan fingerprint density at radius 3 is 2.81 bits per heavy atom. The van der Waals surface area contributed by atoms with E-state index in [2.05, 4.69) is 15.5 Å². The van der Waals surface area contributed by atoms with Crippen molar-refractivity contribution in [2.45, 2.75) is 31.2 Å². The van der Waals surface area contributed by atoms with Crippen LogP contribution in [0.3, 0.4) is 0 Å². The number of hydrogen-bond donors (Lipinski definition) is 2. The normalized spacial score (nSPS) is 20.6. The molecular weight excluding hydrogens is 346 g/mol. The molecule has 27 heavy (non-hydrogen) atoms. The SMILES string of the molecule is N=Cc1ccc(-c2nc(C3CCN(C=O)CC3)no2)cc1NC1CCOC1. The predicted molar refractivity (Wildman–Crippen MR) is 100 cm³/mol. The molecule has 8 nitrogen and oxygen atoms in total. The van der Waals surface area contributed by atoms with Crippen LogP contribution in [-0.4, -0.2) is 60.0 Å². The molecular formula is C19H23N5O3. The van der Waals surface area contributed by atoms with Gasteiger partial charge in [0.2, 0.25) is 6.41 Å². The van der Waals surface area contributed by atoms with Crippen molar-refractivity contribution < 1.29 is 14.1 Å². The van der Waals surface area contributed by atoms with Crippen molar-refractivity contribution in [3.63, 3.8) is 0 Å². The van der Waals surface area contributed by atoms with Gasteiger partial charge in [-0.05, 0) is 31.4 Å². The third kappa shape index (κ3) is 3.85. The summed E-state index contributed by atoms with van der Waals surface area (Å²) >= 11 is 0. The van der Waals surface area contributed by atoms with Gasteiger partial charge in [-0.15, -0.1) is 0 Å². The highest BCUT2D eigenvalue weighted by Crippen LogP contribution is 2.29. The number of carbonyl (C=O) groups excluding carboxylic acids is 1. The second kappa shape index (κ2) is 7.87. The minimum absolute atomic E-state index is 0.216. The number of nitrogens with one attached hydrogen (secondary N) is 2. The van der Waals surface area contributed by atoms with Gasteiger partial charge in [0.05, 0.1) is 12.6 Å².